The summed E-state index contributed by atoms with van der Waals surface area (Å²) in [5.74, 6) is -0.520. The first-order chi connectivity index (χ1) is 25.4. The number of nitrogens with zero attached hydrogens (tertiary/aromatic N) is 1. The fourth-order valence-electron chi connectivity index (χ4n) is 5.11. The highest BCUT2D eigenvalue weighted by Crippen LogP contribution is 2.26. The lowest BCUT2D eigenvalue weighted by Crippen LogP contribution is -2.10. The molecule has 0 aromatic heterocycles. The summed E-state index contributed by atoms with van der Waals surface area (Å²) in [6.07, 6.45) is 8.02. The van der Waals surface area contributed by atoms with Gasteiger partial charge in [0.25, 0.3) is 0 Å². The number of aromatic carboxylic acids is 1. The van der Waals surface area contributed by atoms with Gasteiger partial charge in [-0.3, -0.25) is 0 Å². The van der Waals surface area contributed by atoms with Gasteiger partial charge < -0.3 is 28.8 Å². The van der Waals surface area contributed by atoms with Gasteiger partial charge in [0.15, 0.2) is 0 Å². The van der Waals surface area contributed by atoms with E-state index in [4.69, 9.17) is 28.9 Å². The van der Waals surface area contributed by atoms with Crippen LogP contribution in [0.15, 0.2) is 104 Å². The van der Waals surface area contributed by atoms with E-state index < -0.39 is 17.9 Å². The molecule has 10 nitrogen and oxygen atoms in total. The van der Waals surface area contributed by atoms with Crippen molar-refractivity contribution < 1.29 is 43.2 Å². The largest absolute Gasteiger partial charge is 0.494 e. The van der Waals surface area contributed by atoms with E-state index in [9.17, 15) is 19.5 Å². The van der Waals surface area contributed by atoms with Gasteiger partial charge >= 0.3 is 17.9 Å². The third-order valence-electron chi connectivity index (χ3n) is 7.97. The number of rotatable bonds is 22. The molecule has 4 aromatic carbocycles. The maximum Gasteiger partial charge on any atom is 0.343 e. The van der Waals surface area contributed by atoms with Crippen molar-refractivity contribution in [2.45, 2.75) is 51.4 Å². The number of carbonyl (C=O) groups is 3. The molecule has 0 bridgehead atoms. The summed E-state index contributed by atoms with van der Waals surface area (Å²) in [5, 5.41) is 18.7. The molecule has 0 saturated heterocycles. The highest BCUT2D eigenvalue weighted by molar-refractivity contribution is 5.93. The minimum atomic E-state index is -1.19. The lowest BCUT2D eigenvalue weighted by Gasteiger charge is -2.12. The Balaban J connectivity index is 1.11. The second-order valence-corrected chi connectivity index (χ2v) is 11.8. The Morgan fingerprint density at radius 1 is 0.635 bits per heavy atom. The average Bonchev–Trinajstić information content (AvgIpc) is 3.17. The van der Waals surface area contributed by atoms with E-state index in [-0.39, 0.29) is 17.1 Å². The van der Waals surface area contributed by atoms with Crippen molar-refractivity contribution in [1.82, 2.24) is 0 Å². The second-order valence-electron chi connectivity index (χ2n) is 11.8. The van der Waals surface area contributed by atoms with Gasteiger partial charge in [-0.2, -0.15) is 5.26 Å². The Morgan fingerprint density at radius 2 is 1.13 bits per heavy atom. The minimum absolute atomic E-state index is 0.0922. The number of hydrogen-bond acceptors (Lipinski definition) is 9. The predicted octanol–water partition coefficient (Wildman–Crippen LogP) is 8.83. The summed E-state index contributed by atoms with van der Waals surface area (Å²) in [4.78, 5) is 35.7. The van der Waals surface area contributed by atoms with Gasteiger partial charge in [0.2, 0.25) is 0 Å². The first-order valence-corrected chi connectivity index (χ1v) is 17.3. The van der Waals surface area contributed by atoms with Crippen LogP contribution in [0.4, 0.5) is 0 Å². The summed E-state index contributed by atoms with van der Waals surface area (Å²) in [7, 11) is 0. The molecule has 0 aliphatic carbocycles. The van der Waals surface area contributed by atoms with Crippen LogP contribution in [0, 0.1) is 11.3 Å². The molecule has 0 atom stereocenters. The van der Waals surface area contributed by atoms with E-state index >= 15 is 0 Å². The molecule has 0 amide bonds. The smallest absolute Gasteiger partial charge is 0.343 e. The van der Waals surface area contributed by atoms with Crippen LogP contribution in [0.25, 0.3) is 11.1 Å². The van der Waals surface area contributed by atoms with Crippen LogP contribution in [0.3, 0.4) is 0 Å². The fourth-order valence-corrected chi connectivity index (χ4v) is 5.11. The number of carboxylic acids is 1. The molecule has 0 aliphatic heterocycles. The van der Waals surface area contributed by atoms with Crippen LogP contribution in [0.1, 0.15) is 77.6 Å². The fraction of sp³-hybridized carbons (Fsp3) is 0.286. The van der Waals surface area contributed by atoms with Crippen molar-refractivity contribution in [3.8, 4) is 40.2 Å². The van der Waals surface area contributed by atoms with Crippen molar-refractivity contribution in [2.24, 2.45) is 0 Å². The number of esters is 2. The molecule has 0 aliphatic rings. The molecule has 0 fully saturated rings. The molecular weight excluding hydrogens is 662 g/mol. The zero-order chi connectivity index (χ0) is 37.0. The maximum atomic E-state index is 12.7. The maximum absolute atomic E-state index is 12.7. The Labute approximate surface area is 304 Å². The first kappa shape index (κ1) is 38.7. The van der Waals surface area contributed by atoms with Gasteiger partial charge in [0.05, 0.1) is 43.6 Å². The van der Waals surface area contributed by atoms with Crippen LogP contribution in [0.2, 0.25) is 0 Å². The predicted molar refractivity (Wildman–Crippen MR) is 196 cm³/mol. The Kier molecular flexibility index (Phi) is 15.8. The van der Waals surface area contributed by atoms with Crippen LogP contribution < -0.4 is 18.9 Å². The summed E-state index contributed by atoms with van der Waals surface area (Å²) in [6.45, 7) is 5.17. The summed E-state index contributed by atoms with van der Waals surface area (Å²) < 4.78 is 27.8. The Hall–Kier alpha value is -6.08. The Bertz CT molecular complexity index is 1790. The van der Waals surface area contributed by atoms with E-state index in [2.05, 4.69) is 12.6 Å². The summed E-state index contributed by atoms with van der Waals surface area (Å²) in [5.41, 5.74) is 2.92. The SMILES string of the molecule is C=CC(=O)OCCCCCCOc1ccc(C(=O)Oc2ccc(OCCCCCCOc3ccc(-c4ccc(C#N)cc4)cc3)c(C(=O)O)c2)cc1. The third kappa shape index (κ3) is 13.0. The van der Waals surface area contributed by atoms with E-state index in [1.165, 1.54) is 18.2 Å². The normalized spacial score (nSPS) is 10.4. The lowest BCUT2D eigenvalue weighted by atomic mass is 10.0. The van der Waals surface area contributed by atoms with Crippen LogP contribution in [0.5, 0.6) is 23.0 Å². The number of benzene rings is 4. The average molecular weight is 706 g/mol. The van der Waals surface area contributed by atoms with Gasteiger partial charge in [-0.1, -0.05) is 30.8 Å². The molecule has 4 aromatic rings. The van der Waals surface area contributed by atoms with E-state index in [0.717, 1.165) is 74.3 Å². The van der Waals surface area contributed by atoms with E-state index in [1.807, 2.05) is 36.4 Å². The van der Waals surface area contributed by atoms with Gasteiger partial charge in [0.1, 0.15) is 28.6 Å². The number of hydrogen-bond donors (Lipinski definition) is 1. The zero-order valence-corrected chi connectivity index (χ0v) is 29.1. The molecule has 0 unspecified atom stereocenters. The van der Waals surface area contributed by atoms with E-state index in [1.54, 1.807) is 36.4 Å². The molecule has 52 heavy (non-hydrogen) atoms. The topological polar surface area (TPSA) is 141 Å². The van der Waals surface area contributed by atoms with Crippen LogP contribution in [-0.4, -0.2) is 49.4 Å². The van der Waals surface area contributed by atoms with E-state index in [0.29, 0.717) is 43.3 Å². The molecule has 10 heteroatoms. The number of carbonyl (C=O) groups excluding carboxylic acids is 2. The second kappa shape index (κ2) is 21.2. The molecule has 270 valence electrons. The molecule has 0 heterocycles. The summed E-state index contributed by atoms with van der Waals surface area (Å²) in [6, 6.07) is 28.2. The highest BCUT2D eigenvalue weighted by atomic mass is 16.5. The quantitative estimate of drug-likeness (QED) is 0.0365. The van der Waals surface area contributed by atoms with Crippen LogP contribution >= 0.6 is 0 Å². The number of nitriles is 1. The third-order valence-corrected chi connectivity index (χ3v) is 7.97. The molecule has 0 spiro atoms. The van der Waals surface area contributed by atoms with Crippen LogP contribution in [-0.2, 0) is 9.53 Å². The van der Waals surface area contributed by atoms with Crippen molar-refractivity contribution >= 4 is 17.9 Å². The molecule has 0 saturated carbocycles. The van der Waals surface area contributed by atoms with Gasteiger partial charge in [0, 0.05) is 6.08 Å². The van der Waals surface area contributed by atoms with Gasteiger partial charge in [-0.15, -0.1) is 0 Å². The standard InChI is InChI=1S/C42H43NO9/c1-2-40(44)51-28-10-6-4-8-26-49-36-21-17-34(18-22-36)42(47)52-37-23-24-39(38(29-37)41(45)46)50-27-9-5-3-7-25-48-35-19-15-33(16-20-35)32-13-11-31(30-43)12-14-32/h2,11-24,29H,1,3-10,25-28H2,(H,45,46). The first-order valence-electron chi connectivity index (χ1n) is 17.3. The summed E-state index contributed by atoms with van der Waals surface area (Å²) >= 11 is 0. The molecule has 4 rings (SSSR count). The Morgan fingerprint density at radius 3 is 1.67 bits per heavy atom. The monoisotopic (exact) mass is 705 g/mol. The molecular formula is C42H43NO9. The van der Waals surface area contributed by atoms with Gasteiger partial charge in [-0.05, 0) is 129 Å². The lowest BCUT2D eigenvalue weighted by molar-refractivity contribution is -0.137. The molecule has 0 radical (unpaired) electrons. The number of ether oxygens (including phenoxy) is 5. The number of carboxylic acid groups (broad SMARTS) is 1. The highest BCUT2D eigenvalue weighted by Gasteiger charge is 2.16. The zero-order valence-electron chi connectivity index (χ0n) is 29.1. The minimum Gasteiger partial charge on any atom is -0.494 e. The number of unbranched alkanes of at least 4 members (excludes halogenated alkanes) is 6. The van der Waals surface area contributed by atoms with Crippen molar-refractivity contribution in [3.63, 3.8) is 0 Å². The van der Waals surface area contributed by atoms with Crippen molar-refractivity contribution in [2.75, 3.05) is 26.4 Å². The van der Waals surface area contributed by atoms with Crippen molar-refractivity contribution in [3.05, 3.63) is 120 Å². The van der Waals surface area contributed by atoms with Gasteiger partial charge in [-0.25, -0.2) is 14.4 Å². The molecule has 1 N–H and O–H groups in total. The van der Waals surface area contributed by atoms with Crippen molar-refractivity contribution in [1.29, 1.82) is 5.26 Å².